The normalized spacial score (nSPS) is 21.5. The molecule has 0 aliphatic heterocycles. The van der Waals surface area contributed by atoms with E-state index >= 15 is 0 Å². The summed E-state index contributed by atoms with van der Waals surface area (Å²) < 4.78 is 18.4. The second-order valence-electron chi connectivity index (χ2n) is 12.6. The van der Waals surface area contributed by atoms with Gasteiger partial charge in [-0.3, -0.25) is 14.6 Å². The molecule has 1 unspecified atom stereocenters. The Balaban J connectivity index is 1.04. The van der Waals surface area contributed by atoms with Gasteiger partial charge in [0.25, 0.3) is 11.8 Å². The molecule has 12 heteroatoms. The van der Waals surface area contributed by atoms with Gasteiger partial charge < -0.3 is 30.4 Å². The second kappa shape index (κ2) is 12.1. The van der Waals surface area contributed by atoms with Gasteiger partial charge in [0.1, 0.15) is 18.1 Å². The van der Waals surface area contributed by atoms with Gasteiger partial charge in [0.15, 0.2) is 0 Å². The highest BCUT2D eigenvalue weighted by Gasteiger charge is 2.54. The molecule has 0 bridgehead atoms. The zero-order chi connectivity index (χ0) is 32.6. The topological polar surface area (TPSA) is 167 Å². The number of benzene rings is 1. The van der Waals surface area contributed by atoms with Crippen LogP contribution in [0.15, 0.2) is 61.2 Å². The second-order valence-corrected chi connectivity index (χ2v) is 12.6. The average Bonchev–Trinajstić information content (AvgIpc) is 3.44. The number of nitrogens with one attached hydrogen (secondary N) is 1. The molecule has 3 heterocycles. The number of methoxy groups -OCH3 is 1. The van der Waals surface area contributed by atoms with Crippen molar-refractivity contribution in [2.24, 2.45) is 11.1 Å². The Morgan fingerprint density at radius 2 is 1.85 bits per heavy atom. The third-order valence-corrected chi connectivity index (χ3v) is 9.09. The quantitative estimate of drug-likeness (QED) is 0.209. The minimum Gasteiger partial charge on any atom is -0.490 e. The van der Waals surface area contributed by atoms with Crippen LogP contribution < -0.4 is 20.5 Å². The van der Waals surface area contributed by atoms with Crippen LogP contribution in [0, 0.1) is 5.41 Å². The number of primary amides is 1. The Labute approximate surface area is 265 Å². The average molecular weight is 628 g/mol. The number of esters is 1. The van der Waals surface area contributed by atoms with Crippen LogP contribution in [-0.4, -0.2) is 69.0 Å². The number of carbonyl (C=O) groups excluding carboxylic acids is 3. The van der Waals surface area contributed by atoms with Crippen LogP contribution >= 0.6 is 0 Å². The molecular weight excluding hydrogens is 590 g/mol. The molecule has 1 spiro atoms. The van der Waals surface area contributed by atoms with Gasteiger partial charge in [0, 0.05) is 24.0 Å². The van der Waals surface area contributed by atoms with Gasteiger partial charge in [-0.2, -0.15) is 5.10 Å². The van der Waals surface area contributed by atoms with Gasteiger partial charge in [-0.25, -0.2) is 9.31 Å². The lowest BCUT2D eigenvalue weighted by Crippen LogP contribution is -2.58. The number of pyridine rings is 2. The predicted molar refractivity (Wildman–Crippen MR) is 168 cm³/mol. The van der Waals surface area contributed by atoms with Crippen molar-refractivity contribution >= 4 is 23.3 Å². The molecule has 2 saturated carbocycles. The van der Waals surface area contributed by atoms with E-state index in [-0.39, 0.29) is 35.6 Å². The van der Waals surface area contributed by atoms with E-state index in [1.165, 1.54) is 13.3 Å². The number of aromatic nitrogens is 3. The highest BCUT2D eigenvalue weighted by molar-refractivity contribution is 6.01. The number of hydrogen-bond donors (Lipinski definition) is 3. The predicted octanol–water partition coefficient (Wildman–Crippen LogP) is 3.94. The molecule has 0 radical (unpaired) electrons. The zero-order valence-corrected chi connectivity index (χ0v) is 26.0. The van der Waals surface area contributed by atoms with Crippen molar-refractivity contribution in [1.82, 2.24) is 19.9 Å². The van der Waals surface area contributed by atoms with E-state index in [2.05, 4.69) is 15.4 Å². The lowest BCUT2D eigenvalue weighted by Gasteiger charge is -2.57. The lowest BCUT2D eigenvalue weighted by atomic mass is 9.53. The molecule has 2 aliphatic rings. The smallest absolute Gasteiger partial charge is 0.339 e. The summed E-state index contributed by atoms with van der Waals surface area (Å²) in [4.78, 5) is 41.4. The van der Waals surface area contributed by atoms with E-state index in [0.29, 0.717) is 40.1 Å². The largest absolute Gasteiger partial charge is 0.490 e. The van der Waals surface area contributed by atoms with Crippen molar-refractivity contribution in [2.45, 2.75) is 63.7 Å². The van der Waals surface area contributed by atoms with Crippen LogP contribution in [0.25, 0.3) is 16.6 Å². The molecule has 1 atom stereocenters. The fourth-order valence-corrected chi connectivity index (χ4v) is 6.25. The third kappa shape index (κ3) is 6.25. The standard InChI is InChI=1S/C34H37N5O7/c1-4-33(2,43)19-45-24-6-8-28-27(17-37-39(28)18-24)31(41)38-23-11-34(12-23)13-25(14-34)46-29-10-20(5-7-26(29)30(35)40)21-9-22(16-36-15-21)32(42)44-3/h5-10,15-18,23,25,43H,4,11-14,19H2,1-3H3,(H2,35,40)(H,38,41). The molecule has 2 fully saturated rings. The van der Waals surface area contributed by atoms with Gasteiger partial charge in [0.05, 0.1) is 53.4 Å². The molecule has 3 aromatic heterocycles. The molecule has 1 aromatic carbocycles. The van der Waals surface area contributed by atoms with Crippen LogP contribution in [0.2, 0.25) is 0 Å². The first-order valence-corrected chi connectivity index (χ1v) is 15.3. The van der Waals surface area contributed by atoms with Crippen molar-refractivity contribution in [3.63, 3.8) is 0 Å². The van der Waals surface area contributed by atoms with E-state index in [1.807, 2.05) is 6.92 Å². The van der Waals surface area contributed by atoms with Gasteiger partial charge in [-0.05, 0) is 80.3 Å². The van der Waals surface area contributed by atoms with Crippen molar-refractivity contribution in [2.75, 3.05) is 13.7 Å². The maximum absolute atomic E-state index is 13.1. The van der Waals surface area contributed by atoms with Crippen molar-refractivity contribution in [1.29, 1.82) is 0 Å². The molecule has 2 aliphatic carbocycles. The molecule has 4 aromatic rings. The first kappa shape index (κ1) is 31.0. The number of ether oxygens (including phenoxy) is 3. The zero-order valence-electron chi connectivity index (χ0n) is 26.0. The van der Waals surface area contributed by atoms with Gasteiger partial charge in [0.2, 0.25) is 0 Å². The monoisotopic (exact) mass is 627 g/mol. The van der Waals surface area contributed by atoms with Crippen molar-refractivity contribution in [3.8, 4) is 22.6 Å². The molecule has 2 amide bonds. The minimum atomic E-state index is -0.923. The molecule has 6 rings (SSSR count). The Morgan fingerprint density at radius 3 is 2.57 bits per heavy atom. The number of amides is 2. The van der Waals surface area contributed by atoms with Crippen molar-refractivity contribution < 1.29 is 33.7 Å². The minimum absolute atomic E-state index is 0.0429. The molecule has 240 valence electrons. The Morgan fingerprint density at radius 1 is 1.07 bits per heavy atom. The Hall–Kier alpha value is -4.97. The number of hydrogen-bond acceptors (Lipinski definition) is 9. The number of rotatable bonds is 11. The molecule has 4 N–H and O–H groups in total. The summed E-state index contributed by atoms with van der Waals surface area (Å²) in [5.41, 5.74) is 7.93. The number of nitrogens with zero attached hydrogens (tertiary/aromatic N) is 3. The Bertz CT molecular complexity index is 1800. The van der Waals surface area contributed by atoms with E-state index in [9.17, 15) is 19.5 Å². The number of carbonyl (C=O) groups is 3. The number of aliphatic hydroxyl groups is 1. The van der Waals surface area contributed by atoms with Crippen LogP contribution in [0.5, 0.6) is 11.5 Å². The molecule has 46 heavy (non-hydrogen) atoms. The first-order valence-electron chi connectivity index (χ1n) is 15.3. The van der Waals surface area contributed by atoms with Gasteiger partial charge in [-0.15, -0.1) is 0 Å². The summed E-state index contributed by atoms with van der Waals surface area (Å²) in [6, 6.07) is 10.4. The van der Waals surface area contributed by atoms with E-state index in [0.717, 1.165) is 31.2 Å². The summed E-state index contributed by atoms with van der Waals surface area (Å²) >= 11 is 0. The third-order valence-electron chi connectivity index (χ3n) is 9.09. The summed E-state index contributed by atoms with van der Waals surface area (Å²) in [7, 11) is 1.31. The number of nitrogens with two attached hydrogens (primary N) is 1. The summed E-state index contributed by atoms with van der Waals surface area (Å²) in [6.45, 7) is 3.77. The van der Waals surface area contributed by atoms with Crippen LogP contribution in [-0.2, 0) is 4.74 Å². The summed E-state index contributed by atoms with van der Waals surface area (Å²) in [5, 5.41) is 17.7. The maximum Gasteiger partial charge on any atom is 0.339 e. The highest BCUT2D eigenvalue weighted by Crippen LogP contribution is 2.57. The number of fused-ring (bicyclic) bond motifs is 1. The highest BCUT2D eigenvalue weighted by atomic mass is 16.5. The van der Waals surface area contributed by atoms with Crippen molar-refractivity contribution in [3.05, 3.63) is 77.9 Å². The van der Waals surface area contributed by atoms with E-state index in [4.69, 9.17) is 19.9 Å². The van der Waals surface area contributed by atoms with E-state index < -0.39 is 17.5 Å². The fraction of sp³-hybridized carbons (Fsp3) is 0.382. The van der Waals surface area contributed by atoms with E-state index in [1.54, 1.807) is 66.4 Å². The Kier molecular flexibility index (Phi) is 8.15. The lowest BCUT2D eigenvalue weighted by molar-refractivity contribution is -0.0834. The molecule has 12 nitrogen and oxygen atoms in total. The van der Waals surface area contributed by atoms with Crippen LogP contribution in [0.3, 0.4) is 0 Å². The molecule has 0 saturated heterocycles. The maximum atomic E-state index is 13.1. The van der Waals surface area contributed by atoms with Gasteiger partial charge >= 0.3 is 5.97 Å². The van der Waals surface area contributed by atoms with Crippen LogP contribution in [0.1, 0.15) is 77.0 Å². The first-order chi connectivity index (χ1) is 22.0. The SMILES string of the molecule is CCC(C)(O)COc1ccc2c(C(=O)NC3CC4(C3)CC(Oc3cc(-c5cncc(C(=O)OC)c5)ccc3C(N)=O)C4)cnn2c1. The molecular formula is C34H37N5O7. The summed E-state index contributed by atoms with van der Waals surface area (Å²) in [6.07, 6.45) is 10.0. The van der Waals surface area contributed by atoms with Gasteiger partial charge in [-0.1, -0.05) is 13.0 Å². The summed E-state index contributed by atoms with van der Waals surface area (Å²) in [5.74, 6) is -0.331. The van der Waals surface area contributed by atoms with Crippen LogP contribution in [0.4, 0.5) is 0 Å². The fourth-order valence-electron chi connectivity index (χ4n) is 6.25.